The molecule has 4 aromatic rings. The van der Waals surface area contributed by atoms with Crippen LogP contribution in [0.2, 0.25) is 0 Å². The van der Waals surface area contributed by atoms with E-state index < -0.39 is 0 Å². The second-order valence-electron chi connectivity index (χ2n) is 7.59. The standard InChI is InChI=1S/C23H22N4O3/c28-22(16-9-12-27(13-10-16)15-19-11-14-29-26-19)24-18-7-5-17(6-8-18)23-25-20-3-1-2-4-21(20)30-23/h1-8,11,14,16H,9-10,12-13,15H2,(H,24,28). The Bertz CT molecular complexity index is 1090. The Labute approximate surface area is 173 Å². The van der Waals surface area contributed by atoms with E-state index in [-0.39, 0.29) is 11.8 Å². The summed E-state index contributed by atoms with van der Waals surface area (Å²) in [7, 11) is 0. The highest BCUT2D eigenvalue weighted by Crippen LogP contribution is 2.26. The van der Waals surface area contributed by atoms with Gasteiger partial charge in [0.05, 0.1) is 5.69 Å². The minimum Gasteiger partial charge on any atom is -0.436 e. The number of hydrogen-bond donors (Lipinski definition) is 1. The van der Waals surface area contributed by atoms with Crippen LogP contribution in [0.15, 0.2) is 69.8 Å². The number of nitrogens with one attached hydrogen (secondary N) is 1. The molecule has 0 bridgehead atoms. The van der Waals surface area contributed by atoms with Crippen molar-refractivity contribution >= 4 is 22.7 Å². The molecule has 30 heavy (non-hydrogen) atoms. The predicted octanol–water partition coefficient (Wildman–Crippen LogP) is 4.33. The van der Waals surface area contributed by atoms with Gasteiger partial charge in [-0.25, -0.2) is 4.98 Å². The van der Waals surface area contributed by atoms with Gasteiger partial charge in [0, 0.05) is 29.8 Å². The Morgan fingerprint density at radius 2 is 1.87 bits per heavy atom. The van der Waals surface area contributed by atoms with Gasteiger partial charge in [0.2, 0.25) is 11.8 Å². The van der Waals surface area contributed by atoms with Crippen LogP contribution in [0.25, 0.3) is 22.6 Å². The van der Waals surface area contributed by atoms with E-state index in [0.717, 1.165) is 60.5 Å². The summed E-state index contributed by atoms with van der Waals surface area (Å²) in [5, 5.41) is 7.00. The van der Waals surface area contributed by atoms with Gasteiger partial charge in [-0.05, 0) is 62.3 Å². The maximum Gasteiger partial charge on any atom is 0.227 e. The van der Waals surface area contributed by atoms with Crippen molar-refractivity contribution in [2.24, 2.45) is 5.92 Å². The van der Waals surface area contributed by atoms with Crippen LogP contribution in [0.4, 0.5) is 5.69 Å². The first kappa shape index (κ1) is 18.6. The second-order valence-corrected chi connectivity index (χ2v) is 7.59. The fraction of sp³-hybridized carbons (Fsp3) is 0.261. The van der Waals surface area contributed by atoms with Crippen LogP contribution in [0.3, 0.4) is 0 Å². The van der Waals surface area contributed by atoms with E-state index in [2.05, 4.69) is 20.4 Å². The zero-order valence-electron chi connectivity index (χ0n) is 16.5. The van der Waals surface area contributed by atoms with Crippen LogP contribution in [0.1, 0.15) is 18.5 Å². The zero-order valence-corrected chi connectivity index (χ0v) is 16.5. The Morgan fingerprint density at radius 1 is 1.07 bits per heavy atom. The van der Waals surface area contributed by atoms with Crippen LogP contribution in [-0.4, -0.2) is 34.0 Å². The fourth-order valence-corrected chi connectivity index (χ4v) is 3.84. The molecule has 2 aromatic heterocycles. The number of piperidine rings is 1. The van der Waals surface area contributed by atoms with Gasteiger partial charge >= 0.3 is 0 Å². The van der Waals surface area contributed by atoms with E-state index in [1.54, 1.807) is 6.26 Å². The van der Waals surface area contributed by atoms with Crippen molar-refractivity contribution < 1.29 is 13.7 Å². The highest BCUT2D eigenvalue weighted by atomic mass is 16.5. The van der Waals surface area contributed by atoms with Gasteiger partial charge in [-0.3, -0.25) is 9.69 Å². The first-order valence-electron chi connectivity index (χ1n) is 10.1. The van der Waals surface area contributed by atoms with Crippen LogP contribution < -0.4 is 5.32 Å². The number of nitrogens with zero attached hydrogens (tertiary/aromatic N) is 3. The number of hydrogen-bond acceptors (Lipinski definition) is 6. The van der Waals surface area contributed by atoms with Gasteiger partial charge < -0.3 is 14.3 Å². The van der Waals surface area contributed by atoms with Crippen LogP contribution >= 0.6 is 0 Å². The van der Waals surface area contributed by atoms with E-state index in [9.17, 15) is 4.79 Å². The van der Waals surface area contributed by atoms with Crippen LogP contribution in [-0.2, 0) is 11.3 Å². The van der Waals surface area contributed by atoms with Crippen molar-refractivity contribution in [1.29, 1.82) is 0 Å². The smallest absolute Gasteiger partial charge is 0.227 e. The molecule has 7 nitrogen and oxygen atoms in total. The van der Waals surface area contributed by atoms with Crippen molar-refractivity contribution in [3.8, 4) is 11.5 Å². The number of aromatic nitrogens is 2. The Hall–Kier alpha value is -3.45. The molecular weight excluding hydrogens is 380 g/mol. The summed E-state index contributed by atoms with van der Waals surface area (Å²) in [4.78, 5) is 19.5. The molecule has 0 unspecified atom stereocenters. The van der Waals surface area contributed by atoms with Crippen molar-refractivity contribution in [2.45, 2.75) is 19.4 Å². The number of anilines is 1. The molecule has 5 rings (SSSR count). The molecule has 0 spiro atoms. The van der Waals surface area contributed by atoms with Crippen molar-refractivity contribution in [3.63, 3.8) is 0 Å². The quantitative estimate of drug-likeness (QED) is 0.535. The molecule has 1 aliphatic rings. The summed E-state index contributed by atoms with van der Waals surface area (Å²) in [6.07, 6.45) is 3.26. The Morgan fingerprint density at radius 3 is 2.60 bits per heavy atom. The monoisotopic (exact) mass is 402 g/mol. The summed E-state index contributed by atoms with van der Waals surface area (Å²) in [6, 6.07) is 17.2. The molecule has 1 fully saturated rings. The molecule has 1 N–H and O–H groups in total. The number of carbonyl (C=O) groups is 1. The maximum absolute atomic E-state index is 12.7. The first-order valence-corrected chi connectivity index (χ1v) is 10.1. The lowest BCUT2D eigenvalue weighted by atomic mass is 9.95. The third kappa shape index (κ3) is 3.97. The highest BCUT2D eigenvalue weighted by molar-refractivity contribution is 5.92. The Kier molecular flexibility index (Phi) is 5.03. The van der Waals surface area contributed by atoms with Gasteiger partial charge in [0.25, 0.3) is 0 Å². The van der Waals surface area contributed by atoms with Crippen molar-refractivity contribution in [1.82, 2.24) is 15.0 Å². The molecule has 2 aromatic carbocycles. The summed E-state index contributed by atoms with van der Waals surface area (Å²) >= 11 is 0. The first-order chi connectivity index (χ1) is 14.7. The molecule has 1 aliphatic heterocycles. The number of para-hydroxylation sites is 2. The summed E-state index contributed by atoms with van der Waals surface area (Å²) in [5.41, 5.74) is 4.19. The van der Waals surface area contributed by atoms with E-state index in [0.29, 0.717) is 5.89 Å². The zero-order chi connectivity index (χ0) is 20.3. The topological polar surface area (TPSA) is 84.4 Å². The van der Waals surface area contributed by atoms with Crippen molar-refractivity contribution in [2.75, 3.05) is 18.4 Å². The second kappa shape index (κ2) is 8.12. The molecule has 0 saturated carbocycles. The molecule has 1 saturated heterocycles. The third-order valence-electron chi connectivity index (χ3n) is 5.53. The summed E-state index contributed by atoms with van der Waals surface area (Å²) < 4.78 is 10.7. The van der Waals surface area contributed by atoms with Gasteiger partial charge in [-0.15, -0.1) is 0 Å². The van der Waals surface area contributed by atoms with Gasteiger partial charge in [0.15, 0.2) is 5.58 Å². The summed E-state index contributed by atoms with van der Waals surface area (Å²) in [5.74, 6) is 0.675. The van der Waals surface area contributed by atoms with E-state index in [1.807, 2.05) is 54.6 Å². The van der Waals surface area contributed by atoms with Gasteiger partial charge in [-0.1, -0.05) is 17.3 Å². The number of benzene rings is 2. The molecule has 0 atom stereocenters. The lowest BCUT2D eigenvalue weighted by Crippen LogP contribution is -2.37. The summed E-state index contributed by atoms with van der Waals surface area (Å²) in [6.45, 7) is 2.52. The lowest BCUT2D eigenvalue weighted by molar-refractivity contribution is -0.121. The normalized spacial score (nSPS) is 15.5. The number of oxazole rings is 1. The maximum atomic E-state index is 12.7. The predicted molar refractivity (Wildman–Crippen MR) is 113 cm³/mol. The van der Waals surface area contributed by atoms with Gasteiger partial charge in [0.1, 0.15) is 11.8 Å². The lowest BCUT2D eigenvalue weighted by Gasteiger charge is -2.30. The fourth-order valence-electron chi connectivity index (χ4n) is 3.84. The molecule has 7 heteroatoms. The number of fused-ring (bicyclic) bond motifs is 1. The number of carbonyl (C=O) groups excluding carboxylic acids is 1. The third-order valence-corrected chi connectivity index (χ3v) is 5.53. The number of amides is 1. The largest absolute Gasteiger partial charge is 0.436 e. The van der Waals surface area contributed by atoms with Crippen LogP contribution in [0, 0.1) is 5.92 Å². The minimum absolute atomic E-state index is 0.0234. The molecule has 152 valence electrons. The van der Waals surface area contributed by atoms with E-state index >= 15 is 0 Å². The SMILES string of the molecule is O=C(Nc1ccc(-c2nc3ccccc3o2)cc1)C1CCN(Cc2ccon2)CC1. The van der Waals surface area contributed by atoms with E-state index in [4.69, 9.17) is 8.94 Å². The Balaban J connectivity index is 1.17. The molecule has 1 amide bonds. The molecule has 0 radical (unpaired) electrons. The average Bonchev–Trinajstić information content (AvgIpc) is 3.44. The molecular formula is C23H22N4O3. The molecule has 0 aliphatic carbocycles. The molecule has 3 heterocycles. The minimum atomic E-state index is 0.0234. The average molecular weight is 402 g/mol. The number of likely N-dealkylation sites (tertiary alicyclic amines) is 1. The highest BCUT2D eigenvalue weighted by Gasteiger charge is 2.25. The van der Waals surface area contributed by atoms with E-state index in [1.165, 1.54) is 0 Å². The van der Waals surface area contributed by atoms with Crippen LogP contribution in [0.5, 0.6) is 0 Å². The van der Waals surface area contributed by atoms with Gasteiger partial charge in [-0.2, -0.15) is 0 Å². The number of rotatable bonds is 5. The van der Waals surface area contributed by atoms with Crippen molar-refractivity contribution in [3.05, 3.63) is 66.6 Å².